The molecule has 2 aromatic rings. The minimum atomic E-state index is 0.361. The molecule has 2 aromatic heterocycles. The molecule has 0 radical (unpaired) electrons. The van der Waals surface area contributed by atoms with E-state index in [4.69, 9.17) is 5.73 Å². The molecule has 0 unspecified atom stereocenters. The molecule has 0 amide bonds. The Morgan fingerprint density at radius 2 is 1.94 bits per heavy atom. The van der Waals surface area contributed by atoms with Crippen LogP contribution >= 0.6 is 0 Å². The van der Waals surface area contributed by atoms with Crippen LogP contribution in [0.5, 0.6) is 0 Å². The third kappa shape index (κ3) is 2.41. The van der Waals surface area contributed by atoms with E-state index >= 15 is 0 Å². The van der Waals surface area contributed by atoms with Gasteiger partial charge < -0.3 is 5.73 Å². The molecule has 0 atom stereocenters. The second-order valence-corrected chi connectivity index (χ2v) is 4.74. The van der Waals surface area contributed by atoms with Crippen LogP contribution in [0.15, 0.2) is 12.1 Å². The molecule has 2 rings (SSSR count). The molecule has 0 bridgehead atoms. The van der Waals surface area contributed by atoms with Gasteiger partial charge in [-0.15, -0.1) is 5.10 Å². The average molecular weight is 245 g/mol. The Kier molecular flexibility index (Phi) is 3.43. The number of aryl methyl sites for hydroxylation is 2. The zero-order valence-electron chi connectivity index (χ0n) is 11.3. The lowest BCUT2D eigenvalue weighted by molar-refractivity contribution is 0.759. The molecule has 2 N–H and O–H groups in total. The van der Waals surface area contributed by atoms with Gasteiger partial charge in [0, 0.05) is 12.2 Å². The standard InChI is InChI=1S/C13H19N5/c1-8(2)12-5-11(7-14)6-13(16-12)18-10(4)15-9(3)17-18/h5-6,8H,7,14H2,1-4H3. The predicted octanol–water partition coefficient (Wildman–Crippen LogP) is 1.86. The van der Waals surface area contributed by atoms with Crippen LogP contribution in [0.3, 0.4) is 0 Å². The maximum Gasteiger partial charge on any atom is 0.156 e. The molecule has 0 aromatic carbocycles. The summed E-state index contributed by atoms with van der Waals surface area (Å²) in [6.07, 6.45) is 0. The Balaban J connectivity index is 2.56. The highest BCUT2D eigenvalue weighted by molar-refractivity contribution is 5.32. The fourth-order valence-electron chi connectivity index (χ4n) is 1.85. The number of rotatable bonds is 3. The van der Waals surface area contributed by atoms with E-state index in [1.54, 1.807) is 4.68 Å². The SMILES string of the molecule is Cc1nc(C)n(-c2cc(CN)cc(C(C)C)n2)n1. The van der Waals surface area contributed by atoms with Gasteiger partial charge in [-0.25, -0.2) is 9.97 Å². The first-order chi connectivity index (χ1) is 8.51. The van der Waals surface area contributed by atoms with Crippen molar-refractivity contribution in [3.8, 4) is 5.82 Å². The number of aromatic nitrogens is 4. The fourth-order valence-corrected chi connectivity index (χ4v) is 1.85. The van der Waals surface area contributed by atoms with Crippen molar-refractivity contribution in [1.82, 2.24) is 19.7 Å². The van der Waals surface area contributed by atoms with Crippen LogP contribution in [0.1, 0.15) is 42.7 Å². The molecule has 0 spiro atoms. The smallest absolute Gasteiger partial charge is 0.156 e. The minimum absolute atomic E-state index is 0.361. The summed E-state index contributed by atoms with van der Waals surface area (Å²) >= 11 is 0. The molecule has 0 fully saturated rings. The van der Waals surface area contributed by atoms with Crippen LogP contribution < -0.4 is 5.73 Å². The van der Waals surface area contributed by atoms with Crippen LogP contribution in [0, 0.1) is 13.8 Å². The maximum atomic E-state index is 5.74. The summed E-state index contributed by atoms with van der Waals surface area (Å²) in [5.41, 5.74) is 7.83. The van der Waals surface area contributed by atoms with Crippen LogP contribution in [0.4, 0.5) is 0 Å². The molecular formula is C13H19N5. The van der Waals surface area contributed by atoms with Gasteiger partial charge in [0.05, 0.1) is 0 Å². The Morgan fingerprint density at radius 3 is 2.44 bits per heavy atom. The Morgan fingerprint density at radius 1 is 1.22 bits per heavy atom. The van der Waals surface area contributed by atoms with Gasteiger partial charge >= 0.3 is 0 Å². The van der Waals surface area contributed by atoms with Crippen molar-refractivity contribution in [2.75, 3.05) is 0 Å². The van der Waals surface area contributed by atoms with Gasteiger partial charge in [0.25, 0.3) is 0 Å². The second kappa shape index (κ2) is 4.86. The van der Waals surface area contributed by atoms with E-state index < -0.39 is 0 Å². The zero-order chi connectivity index (χ0) is 13.3. The van der Waals surface area contributed by atoms with Gasteiger partial charge in [-0.1, -0.05) is 13.8 Å². The maximum absolute atomic E-state index is 5.74. The minimum Gasteiger partial charge on any atom is -0.326 e. The van der Waals surface area contributed by atoms with Gasteiger partial charge in [-0.3, -0.25) is 0 Å². The third-order valence-corrected chi connectivity index (χ3v) is 2.81. The molecule has 2 heterocycles. The topological polar surface area (TPSA) is 69.6 Å². The summed E-state index contributed by atoms with van der Waals surface area (Å²) in [6, 6.07) is 4.01. The highest BCUT2D eigenvalue weighted by atomic mass is 15.4. The van der Waals surface area contributed by atoms with E-state index in [1.165, 1.54) is 0 Å². The van der Waals surface area contributed by atoms with E-state index in [2.05, 4.69) is 28.9 Å². The van der Waals surface area contributed by atoms with Crippen molar-refractivity contribution >= 4 is 0 Å². The van der Waals surface area contributed by atoms with Crippen molar-refractivity contribution < 1.29 is 0 Å². The zero-order valence-corrected chi connectivity index (χ0v) is 11.3. The van der Waals surface area contributed by atoms with Crippen LogP contribution in [0.25, 0.3) is 5.82 Å². The molecule has 0 saturated heterocycles. The van der Waals surface area contributed by atoms with Crippen LogP contribution in [-0.4, -0.2) is 19.7 Å². The highest BCUT2D eigenvalue weighted by Crippen LogP contribution is 2.17. The van der Waals surface area contributed by atoms with Crippen LogP contribution in [-0.2, 0) is 6.54 Å². The van der Waals surface area contributed by atoms with Crippen molar-refractivity contribution in [2.45, 2.75) is 40.2 Å². The quantitative estimate of drug-likeness (QED) is 0.896. The first-order valence-electron chi connectivity index (χ1n) is 6.13. The van der Waals surface area contributed by atoms with Gasteiger partial charge in [-0.2, -0.15) is 4.68 Å². The lowest BCUT2D eigenvalue weighted by Crippen LogP contribution is -2.08. The van der Waals surface area contributed by atoms with E-state index in [0.717, 1.165) is 28.7 Å². The molecule has 5 nitrogen and oxygen atoms in total. The summed E-state index contributed by atoms with van der Waals surface area (Å²) in [6.45, 7) is 8.53. The second-order valence-electron chi connectivity index (χ2n) is 4.74. The molecule has 0 saturated carbocycles. The average Bonchev–Trinajstić information content (AvgIpc) is 2.67. The Labute approximate surface area is 107 Å². The summed E-state index contributed by atoms with van der Waals surface area (Å²) in [7, 11) is 0. The largest absolute Gasteiger partial charge is 0.326 e. The summed E-state index contributed by atoms with van der Waals surface area (Å²) in [5, 5.41) is 4.36. The molecular weight excluding hydrogens is 226 g/mol. The monoisotopic (exact) mass is 245 g/mol. The lowest BCUT2D eigenvalue weighted by atomic mass is 10.1. The normalized spacial score (nSPS) is 11.2. The van der Waals surface area contributed by atoms with Gasteiger partial charge in [0.1, 0.15) is 11.6 Å². The number of hydrogen-bond donors (Lipinski definition) is 1. The van der Waals surface area contributed by atoms with Crippen molar-refractivity contribution in [2.24, 2.45) is 5.73 Å². The van der Waals surface area contributed by atoms with E-state index in [-0.39, 0.29) is 0 Å². The summed E-state index contributed by atoms with van der Waals surface area (Å²) < 4.78 is 1.76. The summed E-state index contributed by atoms with van der Waals surface area (Å²) in [5.74, 6) is 2.74. The third-order valence-electron chi connectivity index (χ3n) is 2.81. The highest BCUT2D eigenvalue weighted by Gasteiger charge is 2.10. The molecule has 18 heavy (non-hydrogen) atoms. The molecule has 0 aliphatic carbocycles. The molecule has 5 heteroatoms. The predicted molar refractivity (Wildman–Crippen MR) is 70.6 cm³/mol. The molecule has 96 valence electrons. The van der Waals surface area contributed by atoms with Crippen molar-refractivity contribution in [3.05, 3.63) is 35.0 Å². The Bertz CT molecular complexity index is 557. The van der Waals surface area contributed by atoms with Gasteiger partial charge in [0.2, 0.25) is 0 Å². The van der Waals surface area contributed by atoms with Crippen LogP contribution in [0.2, 0.25) is 0 Å². The van der Waals surface area contributed by atoms with E-state index in [1.807, 2.05) is 26.0 Å². The summed E-state index contributed by atoms with van der Waals surface area (Å²) in [4.78, 5) is 8.93. The van der Waals surface area contributed by atoms with Gasteiger partial charge in [0.15, 0.2) is 5.82 Å². The van der Waals surface area contributed by atoms with Crippen molar-refractivity contribution in [1.29, 1.82) is 0 Å². The number of nitrogens with two attached hydrogens (primary N) is 1. The molecule has 0 aliphatic heterocycles. The first-order valence-corrected chi connectivity index (χ1v) is 6.13. The number of hydrogen-bond acceptors (Lipinski definition) is 4. The number of nitrogens with zero attached hydrogens (tertiary/aromatic N) is 4. The van der Waals surface area contributed by atoms with Gasteiger partial charge in [-0.05, 0) is 37.5 Å². The fraction of sp³-hybridized carbons (Fsp3) is 0.462. The number of pyridine rings is 1. The molecule has 0 aliphatic rings. The lowest BCUT2D eigenvalue weighted by Gasteiger charge is -2.10. The first kappa shape index (κ1) is 12.7. The van der Waals surface area contributed by atoms with E-state index in [9.17, 15) is 0 Å². The van der Waals surface area contributed by atoms with E-state index in [0.29, 0.717) is 12.5 Å². The van der Waals surface area contributed by atoms with Crippen molar-refractivity contribution in [3.63, 3.8) is 0 Å². The Hall–Kier alpha value is -1.75.